The van der Waals surface area contributed by atoms with Gasteiger partial charge in [-0.3, -0.25) is 4.79 Å². The number of aryl methyl sites for hydroxylation is 1. The molecule has 0 atom stereocenters. The van der Waals surface area contributed by atoms with E-state index in [0.717, 1.165) is 11.5 Å². The molecule has 0 saturated heterocycles. The highest BCUT2D eigenvalue weighted by atomic mass is 16.1. The largest absolute Gasteiger partial charge is 0.342 e. The number of hydrogen-bond donors (Lipinski definition) is 1. The van der Waals surface area contributed by atoms with Crippen molar-refractivity contribution in [3.63, 3.8) is 0 Å². The summed E-state index contributed by atoms with van der Waals surface area (Å²) in [5, 5.41) is 0. The van der Waals surface area contributed by atoms with Crippen molar-refractivity contribution in [1.82, 2.24) is 9.97 Å². The van der Waals surface area contributed by atoms with Gasteiger partial charge in [0.05, 0.1) is 11.4 Å². The van der Waals surface area contributed by atoms with Crippen molar-refractivity contribution in [3.05, 3.63) is 42.5 Å². The smallest absolute Gasteiger partial charge is 0.162 e. The van der Waals surface area contributed by atoms with Crippen LogP contribution in [-0.4, -0.2) is 15.8 Å². The fourth-order valence-electron chi connectivity index (χ4n) is 1.34. The third-order valence-corrected chi connectivity index (χ3v) is 1.97. The van der Waals surface area contributed by atoms with E-state index in [2.05, 4.69) is 23.1 Å². The molecule has 78 valence electrons. The number of hydrogen-bond acceptors (Lipinski definition) is 2. The lowest BCUT2D eigenvalue weighted by Crippen LogP contribution is -1.98. The molecule has 1 aromatic rings. The Morgan fingerprint density at radius 3 is 2.60 bits per heavy atom. The third kappa shape index (κ3) is 2.31. The number of nitrogens with one attached hydrogen (secondary N) is 1. The topological polar surface area (TPSA) is 45.8 Å². The molecule has 0 saturated carbocycles. The number of aromatic nitrogens is 2. The molecule has 15 heavy (non-hydrogen) atoms. The molecule has 1 aromatic heterocycles. The number of ketones is 1. The van der Waals surface area contributed by atoms with Gasteiger partial charge in [0.15, 0.2) is 5.78 Å². The highest BCUT2D eigenvalue weighted by molar-refractivity contribution is 6.19. The second-order valence-electron chi connectivity index (χ2n) is 3.16. The van der Waals surface area contributed by atoms with Gasteiger partial charge < -0.3 is 4.98 Å². The molecule has 0 aliphatic heterocycles. The molecule has 0 fully saturated rings. The van der Waals surface area contributed by atoms with E-state index in [1.807, 2.05) is 6.92 Å². The predicted octanol–water partition coefficient (Wildman–Crippen LogP) is 2.52. The summed E-state index contributed by atoms with van der Waals surface area (Å²) in [6, 6.07) is 0. The molecule has 0 aliphatic carbocycles. The monoisotopic (exact) mass is 202 g/mol. The summed E-state index contributed by atoms with van der Waals surface area (Å²) >= 11 is 0. The van der Waals surface area contributed by atoms with Crippen molar-refractivity contribution >= 4 is 17.4 Å². The van der Waals surface area contributed by atoms with E-state index >= 15 is 0 Å². The predicted molar refractivity (Wildman–Crippen MR) is 62.3 cm³/mol. The number of Topliss-reactive ketones (excluding diaryl/α,β-unsaturated/α-hetero) is 1. The maximum absolute atomic E-state index is 11.4. The number of nitrogens with zero attached hydrogens (tertiary/aromatic N) is 1. The second-order valence-corrected chi connectivity index (χ2v) is 3.16. The number of aromatic amines is 1. The van der Waals surface area contributed by atoms with Gasteiger partial charge in [0.25, 0.3) is 0 Å². The molecule has 3 nitrogen and oxygen atoms in total. The number of allylic oxidation sites excluding steroid dienone is 3. The van der Waals surface area contributed by atoms with Crippen LogP contribution in [0.25, 0.3) is 11.6 Å². The molecular weight excluding hydrogens is 188 g/mol. The van der Waals surface area contributed by atoms with Crippen LogP contribution in [0.3, 0.4) is 0 Å². The highest BCUT2D eigenvalue weighted by Gasteiger charge is 2.13. The van der Waals surface area contributed by atoms with Crippen LogP contribution in [0.5, 0.6) is 0 Å². The van der Waals surface area contributed by atoms with E-state index in [1.165, 1.54) is 6.92 Å². The Kier molecular flexibility index (Phi) is 3.39. The van der Waals surface area contributed by atoms with Crippen LogP contribution < -0.4 is 0 Å². The van der Waals surface area contributed by atoms with E-state index in [-0.39, 0.29) is 5.78 Å². The van der Waals surface area contributed by atoms with Crippen LogP contribution in [0, 0.1) is 6.92 Å². The average Bonchev–Trinajstić information content (AvgIpc) is 2.55. The molecule has 0 unspecified atom stereocenters. The summed E-state index contributed by atoms with van der Waals surface area (Å²) < 4.78 is 0. The van der Waals surface area contributed by atoms with Crippen molar-refractivity contribution in [2.75, 3.05) is 0 Å². The van der Waals surface area contributed by atoms with Crippen LogP contribution in [0.2, 0.25) is 0 Å². The van der Waals surface area contributed by atoms with Gasteiger partial charge in [-0.1, -0.05) is 19.2 Å². The van der Waals surface area contributed by atoms with E-state index in [9.17, 15) is 4.79 Å². The summed E-state index contributed by atoms with van der Waals surface area (Å²) in [4.78, 5) is 18.7. The van der Waals surface area contributed by atoms with Gasteiger partial charge in [-0.2, -0.15) is 0 Å². The van der Waals surface area contributed by atoms with Gasteiger partial charge in [0, 0.05) is 5.57 Å². The van der Waals surface area contributed by atoms with Gasteiger partial charge in [-0.25, -0.2) is 4.98 Å². The van der Waals surface area contributed by atoms with Crippen molar-refractivity contribution in [3.8, 4) is 0 Å². The minimum absolute atomic E-state index is 0.0375. The number of H-pyrrole nitrogens is 1. The summed E-state index contributed by atoms with van der Waals surface area (Å²) in [7, 11) is 0. The minimum atomic E-state index is -0.0375. The molecule has 1 N–H and O–H groups in total. The fraction of sp³-hybridized carbons (Fsp3) is 0.167. The highest BCUT2D eigenvalue weighted by Crippen LogP contribution is 2.19. The first-order chi connectivity index (χ1) is 7.10. The lowest BCUT2D eigenvalue weighted by Gasteiger charge is -1.99. The summed E-state index contributed by atoms with van der Waals surface area (Å²) in [5.74, 6) is 0.723. The normalized spacial score (nSPS) is 11.2. The first-order valence-electron chi connectivity index (χ1n) is 4.63. The standard InChI is InChI=1S/C12H14N2O/c1-5-7-10(8(3)15)12-11(6-2)13-9(4)14-12/h5-7H,1-2H2,3-4H3,(H,13,14)/b10-7-. The number of imidazole rings is 1. The van der Waals surface area contributed by atoms with Gasteiger partial charge in [0.2, 0.25) is 0 Å². The van der Waals surface area contributed by atoms with Crippen molar-refractivity contribution in [2.24, 2.45) is 0 Å². The van der Waals surface area contributed by atoms with Crippen molar-refractivity contribution in [1.29, 1.82) is 0 Å². The zero-order valence-electron chi connectivity index (χ0n) is 9.00. The lowest BCUT2D eigenvalue weighted by atomic mass is 10.1. The molecule has 0 aromatic carbocycles. The molecule has 1 rings (SSSR count). The van der Waals surface area contributed by atoms with Crippen LogP contribution in [0.1, 0.15) is 24.1 Å². The molecule has 0 aliphatic rings. The summed E-state index contributed by atoms with van der Waals surface area (Å²) in [5.41, 5.74) is 1.94. The third-order valence-electron chi connectivity index (χ3n) is 1.97. The van der Waals surface area contributed by atoms with Crippen LogP contribution in [-0.2, 0) is 4.79 Å². The van der Waals surface area contributed by atoms with Crippen LogP contribution in [0.15, 0.2) is 25.3 Å². The van der Waals surface area contributed by atoms with Crippen LogP contribution >= 0.6 is 0 Å². The fourth-order valence-corrected chi connectivity index (χ4v) is 1.34. The SMILES string of the molecule is C=C/C=C(/C(C)=O)c1nc(C)[nH]c1C=C. The maximum atomic E-state index is 11.4. The van der Waals surface area contributed by atoms with Gasteiger partial charge in [-0.15, -0.1) is 0 Å². The number of carbonyl (C=O) groups excluding carboxylic acids is 1. The summed E-state index contributed by atoms with van der Waals surface area (Å²) in [6.07, 6.45) is 4.88. The van der Waals surface area contributed by atoms with E-state index in [0.29, 0.717) is 11.3 Å². The lowest BCUT2D eigenvalue weighted by molar-refractivity contribution is -0.111. The Hall–Kier alpha value is -1.90. The second kappa shape index (κ2) is 4.55. The molecule has 1 heterocycles. The van der Waals surface area contributed by atoms with E-state index in [4.69, 9.17) is 0 Å². The molecule has 0 radical (unpaired) electrons. The minimum Gasteiger partial charge on any atom is -0.342 e. The van der Waals surface area contributed by atoms with Crippen LogP contribution in [0.4, 0.5) is 0 Å². The molecular formula is C12H14N2O. The first-order valence-corrected chi connectivity index (χ1v) is 4.63. The summed E-state index contributed by atoms with van der Waals surface area (Å²) in [6.45, 7) is 10.6. The Morgan fingerprint density at radius 1 is 1.47 bits per heavy atom. The molecule has 0 spiro atoms. The zero-order chi connectivity index (χ0) is 11.4. The Labute approximate surface area is 89.2 Å². The average molecular weight is 202 g/mol. The Balaban J connectivity index is 3.34. The van der Waals surface area contributed by atoms with Gasteiger partial charge in [-0.05, 0) is 26.0 Å². The van der Waals surface area contributed by atoms with Crippen molar-refractivity contribution in [2.45, 2.75) is 13.8 Å². The maximum Gasteiger partial charge on any atom is 0.162 e. The Morgan fingerprint density at radius 2 is 2.13 bits per heavy atom. The zero-order valence-corrected chi connectivity index (χ0v) is 9.00. The van der Waals surface area contributed by atoms with E-state index in [1.54, 1.807) is 18.2 Å². The molecule has 3 heteroatoms. The molecule has 0 bridgehead atoms. The van der Waals surface area contributed by atoms with Gasteiger partial charge >= 0.3 is 0 Å². The quantitative estimate of drug-likeness (QED) is 0.602. The van der Waals surface area contributed by atoms with Gasteiger partial charge in [0.1, 0.15) is 5.82 Å². The number of rotatable bonds is 4. The first kappa shape index (κ1) is 11.2. The van der Waals surface area contributed by atoms with Crippen molar-refractivity contribution < 1.29 is 4.79 Å². The molecule has 0 amide bonds. The number of carbonyl (C=O) groups is 1. The Bertz CT molecular complexity index is 438. The van der Waals surface area contributed by atoms with E-state index < -0.39 is 0 Å².